The minimum Gasteiger partial charge on any atom is -0.386 e. The van der Waals surface area contributed by atoms with E-state index in [1.54, 1.807) is 6.33 Å². The number of hydrogen-bond donors (Lipinski definition) is 0. The summed E-state index contributed by atoms with van der Waals surface area (Å²) < 4.78 is 43.4. The van der Waals surface area contributed by atoms with E-state index in [9.17, 15) is 13.2 Å². The summed E-state index contributed by atoms with van der Waals surface area (Å²) in [5, 5.41) is 4.89. The molecule has 1 aliphatic rings. The van der Waals surface area contributed by atoms with Gasteiger partial charge in [-0.05, 0) is 57.9 Å². The fraction of sp³-hybridized carbons (Fsp3) is 0.200. The fourth-order valence-corrected chi connectivity index (χ4v) is 4.11. The molecule has 0 spiro atoms. The van der Waals surface area contributed by atoms with Gasteiger partial charge in [-0.2, -0.15) is 13.2 Å². The average Bonchev–Trinajstić information content (AvgIpc) is 3.36. The van der Waals surface area contributed by atoms with Crippen molar-refractivity contribution in [1.29, 1.82) is 0 Å². The normalized spacial score (nSPS) is 17.1. The van der Waals surface area contributed by atoms with Crippen molar-refractivity contribution in [2.75, 3.05) is 0 Å². The van der Waals surface area contributed by atoms with E-state index >= 15 is 0 Å². The van der Waals surface area contributed by atoms with E-state index < -0.39 is 11.7 Å². The summed E-state index contributed by atoms with van der Waals surface area (Å²) in [6.07, 6.45) is -2.20. The van der Waals surface area contributed by atoms with E-state index in [1.807, 2.05) is 34.4 Å². The summed E-state index contributed by atoms with van der Waals surface area (Å²) >= 11 is 3.35. The smallest absolute Gasteiger partial charge is 0.386 e. The van der Waals surface area contributed by atoms with Crippen molar-refractivity contribution in [3.63, 3.8) is 0 Å². The Morgan fingerprint density at radius 2 is 1.90 bits per heavy atom. The molecule has 0 saturated heterocycles. The maximum atomic E-state index is 12.9. The molecular weight excluding hydrogens is 449 g/mol. The summed E-state index contributed by atoms with van der Waals surface area (Å²) in [4.78, 5) is 9.95. The van der Waals surface area contributed by atoms with E-state index in [4.69, 9.17) is 4.84 Å². The molecule has 148 valence electrons. The number of aromatic nitrogens is 3. The molecule has 0 amide bonds. The largest absolute Gasteiger partial charge is 0.416 e. The zero-order valence-electron chi connectivity index (χ0n) is 15.1. The van der Waals surface area contributed by atoms with Crippen molar-refractivity contribution < 1.29 is 18.0 Å². The van der Waals surface area contributed by atoms with Gasteiger partial charge in [0.25, 0.3) is 0 Å². The van der Waals surface area contributed by atoms with E-state index in [-0.39, 0.29) is 6.10 Å². The maximum Gasteiger partial charge on any atom is 0.416 e. The first kappa shape index (κ1) is 18.2. The molecular formula is C20H14BrF3N4O. The van der Waals surface area contributed by atoms with E-state index in [0.29, 0.717) is 17.8 Å². The maximum absolute atomic E-state index is 12.9. The van der Waals surface area contributed by atoms with Crippen molar-refractivity contribution in [2.45, 2.75) is 18.7 Å². The lowest BCUT2D eigenvalue weighted by molar-refractivity contribution is -0.137. The van der Waals surface area contributed by atoms with Crippen LogP contribution in [0.15, 0.2) is 53.9 Å². The fourth-order valence-electron chi connectivity index (χ4n) is 3.73. The van der Waals surface area contributed by atoms with Gasteiger partial charge in [-0.25, -0.2) is 4.98 Å². The highest BCUT2D eigenvalue weighted by Crippen LogP contribution is 2.36. The molecule has 5 rings (SSSR count). The second-order valence-corrected chi connectivity index (χ2v) is 7.87. The molecule has 4 aromatic rings. The van der Waals surface area contributed by atoms with Crippen LogP contribution in [0.5, 0.6) is 0 Å². The Morgan fingerprint density at radius 3 is 2.55 bits per heavy atom. The first-order chi connectivity index (χ1) is 13.8. The van der Waals surface area contributed by atoms with E-state index in [1.165, 1.54) is 12.1 Å². The van der Waals surface area contributed by atoms with Crippen LogP contribution in [0.3, 0.4) is 0 Å². The Hall–Kier alpha value is -2.81. The summed E-state index contributed by atoms with van der Waals surface area (Å²) in [5.74, 6) is 0. The van der Waals surface area contributed by atoms with E-state index in [2.05, 4.69) is 26.1 Å². The molecule has 1 unspecified atom stereocenters. The number of fused-ring (bicyclic) bond motifs is 3. The molecule has 0 radical (unpaired) electrons. The number of oxime groups is 1. The van der Waals surface area contributed by atoms with Gasteiger partial charge in [0.1, 0.15) is 4.62 Å². The Labute approximate surface area is 171 Å². The van der Waals surface area contributed by atoms with Crippen LogP contribution in [-0.2, 0) is 18.1 Å². The Kier molecular flexibility index (Phi) is 3.99. The number of nitrogens with zero attached hydrogens (tertiary/aromatic N) is 4. The molecule has 0 N–H and O–H groups in total. The monoisotopic (exact) mass is 462 g/mol. The minimum absolute atomic E-state index is 0.175. The topological polar surface area (TPSA) is 44.3 Å². The van der Waals surface area contributed by atoms with Crippen LogP contribution in [-0.4, -0.2) is 18.7 Å². The number of hydrogen-bond acceptors (Lipinski definition) is 3. The van der Waals surface area contributed by atoms with Gasteiger partial charge in [-0.1, -0.05) is 11.2 Å². The number of halogens is 4. The lowest BCUT2D eigenvalue weighted by Crippen LogP contribution is -2.05. The van der Waals surface area contributed by atoms with Crippen LogP contribution in [0.2, 0.25) is 0 Å². The summed E-state index contributed by atoms with van der Waals surface area (Å²) in [5.41, 5.74) is 3.36. The van der Waals surface area contributed by atoms with Crippen molar-refractivity contribution in [3.8, 4) is 5.69 Å². The first-order valence-electron chi connectivity index (χ1n) is 8.84. The third kappa shape index (κ3) is 2.91. The molecule has 0 saturated carbocycles. The quantitative estimate of drug-likeness (QED) is 0.383. The molecule has 29 heavy (non-hydrogen) atoms. The van der Waals surface area contributed by atoms with Crippen LogP contribution >= 0.6 is 15.9 Å². The summed E-state index contributed by atoms with van der Waals surface area (Å²) in [7, 11) is 1.89. The van der Waals surface area contributed by atoms with E-state index in [0.717, 1.165) is 38.7 Å². The molecule has 9 heteroatoms. The molecule has 0 fully saturated rings. The van der Waals surface area contributed by atoms with Crippen LogP contribution in [0.25, 0.3) is 27.8 Å². The van der Waals surface area contributed by atoms with Gasteiger partial charge in [0.2, 0.25) is 0 Å². The predicted molar refractivity (Wildman–Crippen MR) is 107 cm³/mol. The van der Waals surface area contributed by atoms with Crippen molar-refractivity contribution in [3.05, 3.63) is 59.9 Å². The molecule has 0 aliphatic carbocycles. The minimum atomic E-state index is -4.37. The lowest BCUT2D eigenvalue weighted by atomic mass is 10.1. The van der Waals surface area contributed by atoms with Gasteiger partial charge < -0.3 is 9.40 Å². The predicted octanol–water partition coefficient (Wildman–Crippen LogP) is 5.71. The van der Waals surface area contributed by atoms with Gasteiger partial charge in [-0.3, -0.25) is 4.57 Å². The van der Waals surface area contributed by atoms with Gasteiger partial charge >= 0.3 is 6.18 Å². The van der Waals surface area contributed by atoms with Crippen LogP contribution in [0.1, 0.15) is 23.7 Å². The third-order valence-corrected chi connectivity index (χ3v) is 5.57. The van der Waals surface area contributed by atoms with Crippen LogP contribution in [0, 0.1) is 0 Å². The standard InChI is InChI=1S/C20H14BrF3N4O/c1-27-10-25-19-18(27)14-8-11(16-9-17(21)26-29-16)2-7-15(14)28(19)13-5-3-12(4-6-13)20(22,23)24/h2-8,10,16H,9H2,1H3. The Morgan fingerprint density at radius 1 is 1.14 bits per heavy atom. The molecule has 2 aromatic carbocycles. The molecule has 3 heterocycles. The third-order valence-electron chi connectivity index (χ3n) is 5.10. The van der Waals surface area contributed by atoms with Gasteiger partial charge in [0.05, 0.1) is 22.9 Å². The first-order valence-corrected chi connectivity index (χ1v) is 9.63. The highest BCUT2D eigenvalue weighted by atomic mass is 79.9. The number of imidazole rings is 1. The molecule has 0 bridgehead atoms. The van der Waals surface area contributed by atoms with Crippen molar-refractivity contribution in [2.24, 2.45) is 12.2 Å². The summed E-state index contributed by atoms with van der Waals surface area (Å²) in [6, 6.07) is 11.0. The van der Waals surface area contributed by atoms with Gasteiger partial charge in [0, 0.05) is 24.5 Å². The van der Waals surface area contributed by atoms with Gasteiger partial charge in [0.15, 0.2) is 11.8 Å². The molecule has 2 aromatic heterocycles. The molecule has 5 nitrogen and oxygen atoms in total. The van der Waals surface area contributed by atoms with Gasteiger partial charge in [-0.15, -0.1) is 0 Å². The lowest BCUT2D eigenvalue weighted by Gasteiger charge is -2.11. The van der Waals surface area contributed by atoms with Crippen LogP contribution < -0.4 is 0 Å². The zero-order valence-corrected chi connectivity index (χ0v) is 16.7. The highest BCUT2D eigenvalue weighted by Gasteiger charge is 2.30. The number of rotatable bonds is 2. The summed E-state index contributed by atoms with van der Waals surface area (Å²) in [6.45, 7) is 0. The molecule has 1 aliphatic heterocycles. The zero-order chi connectivity index (χ0) is 20.3. The number of aryl methyl sites for hydroxylation is 1. The van der Waals surface area contributed by atoms with Crippen molar-refractivity contribution in [1.82, 2.24) is 14.1 Å². The van der Waals surface area contributed by atoms with Crippen molar-refractivity contribution >= 4 is 42.6 Å². The second-order valence-electron chi connectivity index (χ2n) is 6.95. The number of alkyl halides is 3. The van der Waals surface area contributed by atoms with Crippen LogP contribution in [0.4, 0.5) is 13.2 Å². The highest BCUT2D eigenvalue weighted by molar-refractivity contribution is 9.18. The average molecular weight is 463 g/mol. The number of benzene rings is 2. The Balaban J connectivity index is 1.69. The Bertz CT molecular complexity index is 1270. The second kappa shape index (κ2) is 6.35. The SMILES string of the molecule is Cn1cnc2c1c1cc(C3CC(Br)=NO3)ccc1n2-c1ccc(C(F)(F)F)cc1. The molecule has 1 atom stereocenters.